The Kier molecular flexibility index (Phi) is 5.22. The molecule has 0 aromatic heterocycles. The van der Waals surface area contributed by atoms with Gasteiger partial charge < -0.3 is 10.4 Å². The Balaban J connectivity index is 2.49. The summed E-state index contributed by atoms with van der Waals surface area (Å²) in [5, 5.41) is 11.4. The second-order valence-electron chi connectivity index (χ2n) is 3.34. The third kappa shape index (κ3) is 4.16. The summed E-state index contributed by atoms with van der Waals surface area (Å²) in [6.45, 7) is 0.417. The molecule has 16 heavy (non-hydrogen) atoms. The lowest BCUT2D eigenvalue weighted by Crippen LogP contribution is -2.26. The number of carbonyl (C=O) groups is 1. The Labute approximate surface area is 98.2 Å². The minimum atomic E-state index is -0.482. The number of aliphatic hydroxyl groups is 1. The van der Waals surface area contributed by atoms with E-state index in [-0.39, 0.29) is 18.9 Å². The first kappa shape index (κ1) is 12.9. The fourth-order valence-electron chi connectivity index (χ4n) is 1.21. The third-order valence-corrected chi connectivity index (χ3v) is 2.26. The van der Waals surface area contributed by atoms with Crippen molar-refractivity contribution in [1.29, 1.82) is 0 Å². The van der Waals surface area contributed by atoms with Crippen LogP contribution in [0.3, 0.4) is 0 Å². The van der Waals surface area contributed by atoms with Gasteiger partial charge in [-0.2, -0.15) is 0 Å². The molecule has 0 aliphatic rings. The maximum absolute atomic E-state index is 13.3. The largest absolute Gasteiger partial charge is 0.396 e. The Morgan fingerprint density at radius 3 is 2.88 bits per heavy atom. The van der Waals surface area contributed by atoms with Crippen LogP contribution in [0.4, 0.5) is 4.39 Å². The van der Waals surface area contributed by atoms with E-state index in [9.17, 15) is 9.18 Å². The number of benzene rings is 1. The molecule has 0 unspecified atom stereocenters. The third-order valence-electron chi connectivity index (χ3n) is 2.02. The van der Waals surface area contributed by atoms with Gasteiger partial charge >= 0.3 is 0 Å². The smallest absolute Gasteiger partial charge is 0.224 e. The van der Waals surface area contributed by atoms with Gasteiger partial charge in [0.05, 0.1) is 6.42 Å². The van der Waals surface area contributed by atoms with Gasteiger partial charge in [-0.25, -0.2) is 4.39 Å². The Morgan fingerprint density at radius 2 is 2.25 bits per heavy atom. The van der Waals surface area contributed by atoms with Crippen LogP contribution >= 0.6 is 11.6 Å². The van der Waals surface area contributed by atoms with E-state index in [1.54, 1.807) is 6.07 Å². The molecular formula is C11H13ClFNO2. The highest BCUT2D eigenvalue weighted by atomic mass is 35.5. The monoisotopic (exact) mass is 245 g/mol. The molecule has 0 heterocycles. The number of nitrogens with one attached hydrogen (secondary N) is 1. The standard InChI is InChI=1S/C11H13ClFNO2/c12-9-3-2-8(10(13)7-9)6-11(16)14-4-1-5-15/h2-3,7,15H,1,4-6H2,(H,14,16). The quantitative estimate of drug-likeness (QED) is 0.773. The number of hydrogen-bond donors (Lipinski definition) is 2. The van der Waals surface area contributed by atoms with Crippen molar-refractivity contribution < 1.29 is 14.3 Å². The summed E-state index contributed by atoms with van der Waals surface area (Å²) in [6, 6.07) is 4.21. The molecule has 0 aliphatic heterocycles. The summed E-state index contributed by atoms with van der Waals surface area (Å²) in [6.07, 6.45) is 0.475. The number of hydrogen-bond acceptors (Lipinski definition) is 2. The fourth-order valence-corrected chi connectivity index (χ4v) is 1.37. The molecule has 1 rings (SSSR count). The molecule has 0 saturated heterocycles. The van der Waals surface area contributed by atoms with E-state index in [4.69, 9.17) is 16.7 Å². The molecule has 2 N–H and O–H groups in total. The van der Waals surface area contributed by atoms with Crippen molar-refractivity contribution in [2.75, 3.05) is 13.2 Å². The highest BCUT2D eigenvalue weighted by Gasteiger charge is 2.07. The molecule has 3 nitrogen and oxygen atoms in total. The number of carbonyl (C=O) groups excluding carboxylic acids is 1. The SMILES string of the molecule is O=C(Cc1ccc(Cl)cc1F)NCCCO. The molecule has 1 aromatic carbocycles. The van der Waals surface area contributed by atoms with Gasteiger partial charge in [-0.05, 0) is 24.1 Å². The van der Waals surface area contributed by atoms with E-state index in [2.05, 4.69) is 5.32 Å². The molecular weight excluding hydrogens is 233 g/mol. The summed E-state index contributed by atoms with van der Waals surface area (Å²) in [4.78, 5) is 11.3. The summed E-state index contributed by atoms with van der Waals surface area (Å²) in [7, 11) is 0. The molecule has 0 spiro atoms. The molecule has 0 saturated carbocycles. The second-order valence-corrected chi connectivity index (χ2v) is 3.78. The topological polar surface area (TPSA) is 49.3 Å². The van der Waals surface area contributed by atoms with Crippen LogP contribution in [0.25, 0.3) is 0 Å². The predicted octanol–water partition coefficient (Wildman–Crippen LogP) is 1.52. The molecule has 0 bridgehead atoms. The van der Waals surface area contributed by atoms with Crippen LogP contribution in [0.1, 0.15) is 12.0 Å². The zero-order valence-electron chi connectivity index (χ0n) is 8.67. The lowest BCUT2D eigenvalue weighted by atomic mass is 10.1. The first-order valence-electron chi connectivity index (χ1n) is 4.95. The number of amides is 1. The van der Waals surface area contributed by atoms with Gasteiger partial charge in [-0.15, -0.1) is 0 Å². The van der Waals surface area contributed by atoms with Gasteiger partial charge in [0.15, 0.2) is 0 Å². The van der Waals surface area contributed by atoms with Crippen LogP contribution < -0.4 is 5.32 Å². The van der Waals surface area contributed by atoms with Gasteiger partial charge in [-0.3, -0.25) is 4.79 Å². The fraction of sp³-hybridized carbons (Fsp3) is 0.364. The van der Waals surface area contributed by atoms with Gasteiger partial charge in [0.2, 0.25) is 5.91 Å². The minimum Gasteiger partial charge on any atom is -0.396 e. The average molecular weight is 246 g/mol. The first-order valence-corrected chi connectivity index (χ1v) is 5.32. The van der Waals surface area contributed by atoms with Crippen molar-refractivity contribution in [3.05, 3.63) is 34.6 Å². The predicted molar refractivity (Wildman–Crippen MR) is 59.8 cm³/mol. The Morgan fingerprint density at radius 1 is 1.50 bits per heavy atom. The zero-order chi connectivity index (χ0) is 12.0. The van der Waals surface area contributed by atoms with Crippen LogP contribution in [0.2, 0.25) is 5.02 Å². The summed E-state index contributed by atoms with van der Waals surface area (Å²) >= 11 is 5.59. The van der Waals surface area contributed by atoms with Gasteiger partial charge in [0, 0.05) is 18.2 Å². The van der Waals surface area contributed by atoms with E-state index >= 15 is 0 Å². The van der Waals surface area contributed by atoms with Gasteiger partial charge in [0.25, 0.3) is 0 Å². The molecule has 1 amide bonds. The molecule has 0 fully saturated rings. The molecule has 0 atom stereocenters. The van der Waals surface area contributed by atoms with Crippen LogP contribution in [0, 0.1) is 5.82 Å². The van der Waals surface area contributed by atoms with Crippen molar-refractivity contribution in [2.24, 2.45) is 0 Å². The number of rotatable bonds is 5. The highest BCUT2D eigenvalue weighted by molar-refractivity contribution is 6.30. The second kappa shape index (κ2) is 6.45. The molecule has 0 aliphatic carbocycles. The molecule has 88 valence electrons. The van der Waals surface area contributed by atoms with Crippen molar-refractivity contribution >= 4 is 17.5 Å². The highest BCUT2D eigenvalue weighted by Crippen LogP contribution is 2.14. The summed E-state index contributed by atoms with van der Waals surface area (Å²) in [5.41, 5.74) is 0.311. The zero-order valence-corrected chi connectivity index (χ0v) is 9.43. The van der Waals surface area contributed by atoms with E-state index in [1.165, 1.54) is 12.1 Å². The summed E-state index contributed by atoms with van der Waals surface area (Å²) in [5.74, 6) is -0.750. The van der Waals surface area contributed by atoms with Crippen LogP contribution in [0.5, 0.6) is 0 Å². The number of halogens is 2. The van der Waals surface area contributed by atoms with Gasteiger partial charge in [0.1, 0.15) is 5.82 Å². The molecule has 0 radical (unpaired) electrons. The lowest BCUT2D eigenvalue weighted by Gasteiger charge is -2.05. The molecule has 1 aromatic rings. The van der Waals surface area contributed by atoms with Crippen molar-refractivity contribution in [1.82, 2.24) is 5.32 Å². The normalized spacial score (nSPS) is 10.2. The first-order chi connectivity index (χ1) is 7.63. The number of aliphatic hydroxyl groups excluding tert-OH is 1. The Hall–Kier alpha value is -1.13. The van der Waals surface area contributed by atoms with E-state index in [0.29, 0.717) is 23.6 Å². The minimum absolute atomic E-state index is 0.0194. The van der Waals surface area contributed by atoms with E-state index in [1.807, 2.05) is 0 Å². The maximum atomic E-state index is 13.3. The van der Waals surface area contributed by atoms with Crippen molar-refractivity contribution in [3.8, 4) is 0 Å². The van der Waals surface area contributed by atoms with Crippen molar-refractivity contribution in [3.63, 3.8) is 0 Å². The van der Waals surface area contributed by atoms with Gasteiger partial charge in [-0.1, -0.05) is 17.7 Å². The Bertz CT molecular complexity index is 371. The van der Waals surface area contributed by atoms with E-state index < -0.39 is 5.82 Å². The summed E-state index contributed by atoms with van der Waals surface area (Å²) < 4.78 is 13.3. The van der Waals surface area contributed by atoms with Crippen molar-refractivity contribution in [2.45, 2.75) is 12.8 Å². The average Bonchev–Trinajstić information content (AvgIpc) is 2.23. The lowest BCUT2D eigenvalue weighted by molar-refractivity contribution is -0.120. The van der Waals surface area contributed by atoms with Crippen LogP contribution in [-0.2, 0) is 11.2 Å². The molecule has 5 heteroatoms. The van der Waals surface area contributed by atoms with Crippen LogP contribution in [-0.4, -0.2) is 24.2 Å². The van der Waals surface area contributed by atoms with E-state index in [0.717, 1.165) is 0 Å². The maximum Gasteiger partial charge on any atom is 0.224 e. The van der Waals surface area contributed by atoms with Crippen LogP contribution in [0.15, 0.2) is 18.2 Å².